The average molecular weight is 582 g/mol. The molecule has 4 aromatic carbocycles. The van der Waals surface area contributed by atoms with Crippen LogP contribution in [0.5, 0.6) is 17.2 Å². The molecule has 5 aromatic rings. The molecule has 2 N–H and O–H groups in total. The van der Waals surface area contributed by atoms with Gasteiger partial charge in [-0.05, 0) is 57.9 Å². The Balaban J connectivity index is 1.23. The van der Waals surface area contributed by atoms with Gasteiger partial charge in [-0.1, -0.05) is 54.6 Å². The SMILES string of the molecule is O=C(Oc1ccccc1C=NNC(=O)c1[nH]c2c(Br)cccc2c1-c1ccccc1)c1ccc2c(c1)OCO2. The Kier molecular flexibility index (Phi) is 6.56. The molecular formula is C30H20BrN3O5. The van der Waals surface area contributed by atoms with Crippen LogP contribution in [0.1, 0.15) is 26.4 Å². The summed E-state index contributed by atoms with van der Waals surface area (Å²) in [4.78, 5) is 29.3. The first kappa shape index (κ1) is 24.4. The van der Waals surface area contributed by atoms with Gasteiger partial charge in [-0.3, -0.25) is 4.79 Å². The molecule has 0 atom stereocenters. The summed E-state index contributed by atoms with van der Waals surface area (Å²) in [5.41, 5.74) is 6.28. The fraction of sp³-hybridized carbons (Fsp3) is 0.0333. The van der Waals surface area contributed by atoms with Crippen LogP contribution in [0.25, 0.3) is 22.0 Å². The van der Waals surface area contributed by atoms with Gasteiger partial charge in [0.05, 0.1) is 17.3 Å². The smallest absolute Gasteiger partial charge is 0.343 e. The average Bonchev–Trinajstić information content (AvgIpc) is 3.59. The maximum atomic E-state index is 13.3. The summed E-state index contributed by atoms with van der Waals surface area (Å²) in [6, 6.07) is 27.2. The number of nitrogens with one attached hydrogen (secondary N) is 2. The number of aromatic amines is 1. The van der Waals surface area contributed by atoms with Crippen molar-refractivity contribution in [2.45, 2.75) is 0 Å². The van der Waals surface area contributed by atoms with Crippen LogP contribution in [0, 0.1) is 0 Å². The monoisotopic (exact) mass is 581 g/mol. The molecule has 0 fully saturated rings. The first-order valence-corrected chi connectivity index (χ1v) is 12.8. The molecule has 8 nitrogen and oxygen atoms in total. The number of esters is 1. The van der Waals surface area contributed by atoms with Crippen LogP contribution < -0.4 is 19.6 Å². The summed E-state index contributed by atoms with van der Waals surface area (Å²) in [5, 5.41) is 5.06. The van der Waals surface area contributed by atoms with Gasteiger partial charge < -0.3 is 19.2 Å². The van der Waals surface area contributed by atoms with Crippen molar-refractivity contribution >= 4 is 44.9 Å². The molecule has 0 radical (unpaired) electrons. The summed E-state index contributed by atoms with van der Waals surface area (Å²) >= 11 is 3.56. The predicted molar refractivity (Wildman–Crippen MR) is 150 cm³/mol. The minimum atomic E-state index is -0.561. The maximum Gasteiger partial charge on any atom is 0.343 e. The first-order valence-electron chi connectivity index (χ1n) is 12.0. The van der Waals surface area contributed by atoms with Gasteiger partial charge in [-0.25, -0.2) is 10.2 Å². The minimum Gasteiger partial charge on any atom is -0.454 e. The van der Waals surface area contributed by atoms with Crippen molar-refractivity contribution < 1.29 is 23.8 Å². The van der Waals surface area contributed by atoms with Gasteiger partial charge in [0, 0.05) is 21.0 Å². The molecule has 6 rings (SSSR count). The lowest BCUT2D eigenvalue weighted by molar-refractivity contribution is 0.0733. The Morgan fingerprint density at radius 1 is 0.923 bits per heavy atom. The lowest BCUT2D eigenvalue weighted by Crippen LogP contribution is -2.19. The fourth-order valence-electron chi connectivity index (χ4n) is 4.34. The van der Waals surface area contributed by atoms with Crippen molar-refractivity contribution in [2.24, 2.45) is 5.10 Å². The highest BCUT2D eigenvalue weighted by molar-refractivity contribution is 9.10. The highest BCUT2D eigenvalue weighted by atomic mass is 79.9. The van der Waals surface area contributed by atoms with E-state index in [1.54, 1.807) is 42.5 Å². The zero-order valence-electron chi connectivity index (χ0n) is 20.3. The highest BCUT2D eigenvalue weighted by Crippen LogP contribution is 2.36. The summed E-state index contributed by atoms with van der Waals surface area (Å²) in [5.74, 6) is 0.378. The molecule has 1 aliphatic heterocycles. The van der Waals surface area contributed by atoms with Gasteiger partial charge in [0.2, 0.25) is 6.79 Å². The van der Waals surface area contributed by atoms with E-state index in [4.69, 9.17) is 14.2 Å². The van der Waals surface area contributed by atoms with Gasteiger partial charge in [0.15, 0.2) is 11.5 Å². The largest absolute Gasteiger partial charge is 0.454 e. The van der Waals surface area contributed by atoms with Crippen LogP contribution in [0.4, 0.5) is 0 Å². The molecule has 9 heteroatoms. The minimum absolute atomic E-state index is 0.113. The Hall–Kier alpha value is -4.89. The van der Waals surface area contributed by atoms with E-state index in [-0.39, 0.29) is 12.5 Å². The third-order valence-corrected chi connectivity index (χ3v) is 6.83. The van der Waals surface area contributed by atoms with Crippen LogP contribution in [-0.4, -0.2) is 29.9 Å². The second kappa shape index (κ2) is 10.5. The number of H-pyrrole nitrogens is 1. The van der Waals surface area contributed by atoms with E-state index < -0.39 is 11.9 Å². The third-order valence-electron chi connectivity index (χ3n) is 6.17. The normalized spacial score (nSPS) is 12.1. The number of fused-ring (bicyclic) bond motifs is 2. The van der Waals surface area contributed by atoms with Gasteiger partial charge >= 0.3 is 5.97 Å². The van der Waals surface area contributed by atoms with Crippen LogP contribution in [0.3, 0.4) is 0 Å². The van der Waals surface area contributed by atoms with Crippen molar-refractivity contribution in [3.05, 3.63) is 112 Å². The van der Waals surface area contributed by atoms with Crippen LogP contribution in [0.15, 0.2) is 101 Å². The maximum absolute atomic E-state index is 13.3. The van der Waals surface area contributed by atoms with E-state index in [2.05, 4.69) is 31.4 Å². The van der Waals surface area contributed by atoms with Crippen molar-refractivity contribution in [2.75, 3.05) is 6.79 Å². The van der Waals surface area contributed by atoms with Gasteiger partial charge in [-0.2, -0.15) is 5.10 Å². The molecule has 39 heavy (non-hydrogen) atoms. The second-order valence-electron chi connectivity index (χ2n) is 8.60. The number of nitrogens with zero attached hydrogens (tertiary/aromatic N) is 1. The lowest BCUT2D eigenvalue weighted by atomic mass is 10.0. The fourth-order valence-corrected chi connectivity index (χ4v) is 4.80. The lowest BCUT2D eigenvalue weighted by Gasteiger charge is -2.08. The zero-order chi connectivity index (χ0) is 26.8. The number of ether oxygens (including phenoxy) is 3. The van der Waals surface area contributed by atoms with Crippen molar-refractivity contribution in [3.8, 4) is 28.4 Å². The molecule has 1 amide bonds. The highest BCUT2D eigenvalue weighted by Gasteiger charge is 2.21. The van der Waals surface area contributed by atoms with Crippen LogP contribution in [-0.2, 0) is 0 Å². The molecule has 0 bridgehead atoms. The van der Waals surface area contributed by atoms with Crippen LogP contribution in [0.2, 0.25) is 0 Å². The van der Waals surface area contributed by atoms with Crippen molar-refractivity contribution in [1.29, 1.82) is 0 Å². The topological polar surface area (TPSA) is 102 Å². The Labute approximate surface area is 231 Å². The van der Waals surface area contributed by atoms with Gasteiger partial charge in [0.25, 0.3) is 5.91 Å². The number of carbonyl (C=O) groups excluding carboxylic acids is 2. The van der Waals surface area contributed by atoms with E-state index in [0.717, 1.165) is 26.5 Å². The molecular weight excluding hydrogens is 562 g/mol. The third kappa shape index (κ3) is 4.87. The summed E-state index contributed by atoms with van der Waals surface area (Å²) in [6.45, 7) is 0.113. The van der Waals surface area contributed by atoms with Gasteiger partial charge in [-0.15, -0.1) is 0 Å². The molecule has 0 saturated heterocycles. The molecule has 0 saturated carbocycles. The van der Waals surface area contributed by atoms with E-state index in [1.165, 1.54) is 6.21 Å². The second-order valence-corrected chi connectivity index (χ2v) is 9.45. The Bertz CT molecular complexity index is 1750. The van der Waals surface area contributed by atoms with E-state index in [1.807, 2.05) is 48.5 Å². The van der Waals surface area contributed by atoms with Crippen LogP contribution >= 0.6 is 15.9 Å². The molecule has 0 aliphatic carbocycles. The quantitative estimate of drug-likeness (QED) is 0.106. The number of hydrogen-bond acceptors (Lipinski definition) is 6. The van der Waals surface area contributed by atoms with Crippen molar-refractivity contribution in [3.63, 3.8) is 0 Å². The predicted octanol–water partition coefficient (Wildman–Crippen LogP) is 6.31. The van der Waals surface area contributed by atoms with E-state index in [9.17, 15) is 9.59 Å². The molecule has 1 aromatic heterocycles. The standard InChI is InChI=1S/C30H20BrN3O5/c31-22-11-6-10-21-26(18-7-2-1-3-8-18)28(33-27(21)22)29(35)34-32-16-20-9-4-5-12-23(20)39-30(36)19-13-14-24-25(15-19)38-17-37-24/h1-16,33H,17H2,(H,34,35). The number of carbonyl (C=O) groups is 2. The summed E-state index contributed by atoms with van der Waals surface area (Å²) in [6.07, 6.45) is 1.43. The number of rotatable bonds is 6. The van der Waals surface area contributed by atoms with Crippen molar-refractivity contribution in [1.82, 2.24) is 10.4 Å². The number of hydrogen-bond donors (Lipinski definition) is 2. The first-order chi connectivity index (χ1) is 19.1. The number of aromatic nitrogens is 1. The Morgan fingerprint density at radius 3 is 2.59 bits per heavy atom. The van der Waals surface area contributed by atoms with E-state index >= 15 is 0 Å². The Morgan fingerprint density at radius 2 is 1.72 bits per heavy atom. The molecule has 192 valence electrons. The van der Waals surface area contributed by atoms with E-state index in [0.29, 0.717) is 28.3 Å². The zero-order valence-corrected chi connectivity index (χ0v) is 21.9. The molecule has 0 unspecified atom stereocenters. The number of benzene rings is 4. The van der Waals surface area contributed by atoms with Gasteiger partial charge in [0.1, 0.15) is 11.4 Å². The molecule has 1 aliphatic rings. The molecule has 2 heterocycles. The molecule has 0 spiro atoms. The summed E-state index contributed by atoms with van der Waals surface area (Å²) < 4.78 is 17.1. The number of amides is 1. The number of halogens is 1. The number of hydrazone groups is 1. The summed E-state index contributed by atoms with van der Waals surface area (Å²) in [7, 11) is 0. The number of para-hydroxylation sites is 2.